The second-order valence-electron chi connectivity index (χ2n) is 7.90. The lowest BCUT2D eigenvalue weighted by molar-refractivity contribution is -0.145. The number of aromatic hydroxyl groups is 1. The van der Waals surface area contributed by atoms with Gasteiger partial charge in [0.1, 0.15) is 11.5 Å². The number of phenols is 1. The first kappa shape index (κ1) is 20.2. The molecule has 4 nitrogen and oxygen atoms in total. The van der Waals surface area contributed by atoms with Gasteiger partial charge in [-0.2, -0.15) is 0 Å². The van der Waals surface area contributed by atoms with Crippen molar-refractivity contribution in [2.45, 2.75) is 58.8 Å². The zero-order valence-electron chi connectivity index (χ0n) is 17.2. The van der Waals surface area contributed by atoms with Crippen LogP contribution in [0.25, 0.3) is 0 Å². The van der Waals surface area contributed by atoms with Crippen LogP contribution in [0.4, 0.5) is 0 Å². The van der Waals surface area contributed by atoms with E-state index < -0.39 is 0 Å². The number of ether oxygens (including phenoxy) is 2. The van der Waals surface area contributed by atoms with E-state index in [9.17, 15) is 9.90 Å². The van der Waals surface area contributed by atoms with Gasteiger partial charge in [0.05, 0.1) is 6.61 Å². The molecule has 2 aromatic carbocycles. The molecule has 4 heteroatoms. The molecular formula is C24H30O4. The lowest BCUT2D eigenvalue weighted by Gasteiger charge is -2.17. The van der Waals surface area contributed by atoms with E-state index >= 15 is 0 Å². The summed E-state index contributed by atoms with van der Waals surface area (Å²) in [6.45, 7) is 8.37. The van der Waals surface area contributed by atoms with Gasteiger partial charge < -0.3 is 14.6 Å². The number of carbonyl (C=O) groups is 1. The van der Waals surface area contributed by atoms with Crippen molar-refractivity contribution in [1.82, 2.24) is 0 Å². The third-order valence-corrected chi connectivity index (χ3v) is 5.26. The molecule has 150 valence electrons. The monoisotopic (exact) mass is 382 g/mol. The summed E-state index contributed by atoms with van der Waals surface area (Å²) in [5.41, 5.74) is 6.00. The lowest BCUT2D eigenvalue weighted by Crippen LogP contribution is -2.15. The molecule has 0 amide bonds. The maximum atomic E-state index is 11.6. The minimum absolute atomic E-state index is 0.0631. The molecule has 1 saturated carbocycles. The molecule has 1 aliphatic carbocycles. The second kappa shape index (κ2) is 8.68. The molecule has 0 heterocycles. The Balaban J connectivity index is 1.85. The number of hydrogen-bond acceptors (Lipinski definition) is 4. The number of hydrogen-bond donors (Lipinski definition) is 1. The minimum Gasteiger partial charge on any atom is -0.508 e. The van der Waals surface area contributed by atoms with Crippen LogP contribution < -0.4 is 4.74 Å². The lowest BCUT2D eigenvalue weighted by atomic mass is 9.91. The molecule has 0 radical (unpaired) electrons. The SMILES string of the molecule is CCOC(=O)COc1cc(C)c(Cc2ccc(O)c(C(C)C)c2)c(C2CC2)c1. The Morgan fingerprint density at radius 1 is 1.21 bits per heavy atom. The van der Waals surface area contributed by atoms with Crippen molar-refractivity contribution in [3.05, 3.63) is 58.1 Å². The third kappa shape index (κ3) is 4.86. The summed E-state index contributed by atoms with van der Waals surface area (Å²) in [5.74, 6) is 1.59. The van der Waals surface area contributed by atoms with Crippen LogP contribution in [0.2, 0.25) is 0 Å². The average molecular weight is 383 g/mol. The van der Waals surface area contributed by atoms with Crippen LogP contribution in [0.3, 0.4) is 0 Å². The van der Waals surface area contributed by atoms with Gasteiger partial charge in [0.25, 0.3) is 0 Å². The fourth-order valence-corrected chi connectivity index (χ4v) is 3.62. The number of phenolic OH excluding ortho intramolecular Hbond substituents is 1. The van der Waals surface area contributed by atoms with Crippen molar-refractivity contribution >= 4 is 5.97 Å². The fraction of sp³-hybridized carbons (Fsp3) is 0.458. The Kier molecular flexibility index (Phi) is 6.28. The maximum Gasteiger partial charge on any atom is 0.344 e. The summed E-state index contributed by atoms with van der Waals surface area (Å²) >= 11 is 0. The number of aryl methyl sites for hydroxylation is 1. The molecule has 0 spiro atoms. The van der Waals surface area contributed by atoms with Gasteiger partial charge in [-0.15, -0.1) is 0 Å². The van der Waals surface area contributed by atoms with Crippen LogP contribution in [-0.2, 0) is 16.0 Å². The smallest absolute Gasteiger partial charge is 0.344 e. The molecule has 1 fully saturated rings. The van der Waals surface area contributed by atoms with Gasteiger partial charge in [-0.05, 0) is 91.0 Å². The Bertz CT molecular complexity index is 850. The van der Waals surface area contributed by atoms with Crippen LogP contribution in [0.15, 0.2) is 30.3 Å². The molecule has 0 atom stereocenters. The van der Waals surface area contributed by atoms with Crippen LogP contribution in [0.1, 0.15) is 73.3 Å². The summed E-state index contributed by atoms with van der Waals surface area (Å²) in [7, 11) is 0. The minimum atomic E-state index is -0.345. The van der Waals surface area contributed by atoms with Gasteiger partial charge >= 0.3 is 5.97 Å². The van der Waals surface area contributed by atoms with Crippen LogP contribution in [-0.4, -0.2) is 24.3 Å². The predicted octanol–water partition coefficient (Wildman–Crippen LogP) is 5.23. The highest BCUT2D eigenvalue weighted by atomic mass is 16.6. The molecule has 1 aliphatic rings. The summed E-state index contributed by atoms with van der Waals surface area (Å²) < 4.78 is 10.6. The first-order chi connectivity index (χ1) is 13.4. The summed E-state index contributed by atoms with van der Waals surface area (Å²) in [5, 5.41) is 10.1. The first-order valence-corrected chi connectivity index (χ1v) is 10.1. The molecule has 0 unspecified atom stereocenters. The van der Waals surface area contributed by atoms with Crippen molar-refractivity contribution in [3.8, 4) is 11.5 Å². The maximum absolute atomic E-state index is 11.6. The zero-order valence-corrected chi connectivity index (χ0v) is 17.2. The van der Waals surface area contributed by atoms with Crippen molar-refractivity contribution in [2.75, 3.05) is 13.2 Å². The number of esters is 1. The summed E-state index contributed by atoms with van der Waals surface area (Å²) in [4.78, 5) is 11.6. The normalized spacial score (nSPS) is 13.6. The van der Waals surface area contributed by atoms with E-state index in [1.807, 2.05) is 12.1 Å². The molecule has 28 heavy (non-hydrogen) atoms. The Labute approximate surface area is 167 Å². The topological polar surface area (TPSA) is 55.8 Å². The Morgan fingerprint density at radius 3 is 2.61 bits per heavy atom. The zero-order chi connectivity index (χ0) is 20.3. The van der Waals surface area contributed by atoms with Gasteiger partial charge in [-0.3, -0.25) is 0 Å². The standard InChI is InChI=1S/C24H30O4/c1-5-27-24(26)14-28-19-10-16(4)21(22(13-19)18-7-8-18)12-17-6-9-23(25)20(11-17)15(2)3/h6,9-11,13,15,18,25H,5,7-8,12,14H2,1-4H3. The summed E-state index contributed by atoms with van der Waals surface area (Å²) in [6, 6.07) is 10.0. The van der Waals surface area contributed by atoms with E-state index in [0.717, 1.165) is 17.7 Å². The van der Waals surface area contributed by atoms with Crippen LogP contribution in [0, 0.1) is 6.92 Å². The third-order valence-electron chi connectivity index (χ3n) is 5.26. The molecule has 1 N–H and O–H groups in total. The summed E-state index contributed by atoms with van der Waals surface area (Å²) in [6.07, 6.45) is 3.22. The molecule has 2 aromatic rings. The second-order valence-corrected chi connectivity index (χ2v) is 7.90. The quantitative estimate of drug-likeness (QED) is 0.635. The molecular weight excluding hydrogens is 352 g/mol. The molecule has 0 bridgehead atoms. The van der Waals surface area contributed by atoms with Gasteiger partial charge in [-0.1, -0.05) is 26.0 Å². The fourth-order valence-electron chi connectivity index (χ4n) is 3.62. The van der Waals surface area contributed by atoms with Gasteiger partial charge in [0, 0.05) is 0 Å². The van der Waals surface area contributed by atoms with E-state index in [2.05, 4.69) is 32.9 Å². The van der Waals surface area contributed by atoms with E-state index in [1.165, 1.54) is 35.1 Å². The van der Waals surface area contributed by atoms with Crippen molar-refractivity contribution in [3.63, 3.8) is 0 Å². The molecule has 0 saturated heterocycles. The molecule has 0 aromatic heterocycles. The highest BCUT2D eigenvalue weighted by Crippen LogP contribution is 2.44. The van der Waals surface area contributed by atoms with Crippen molar-refractivity contribution in [2.24, 2.45) is 0 Å². The number of rotatable bonds is 8. The first-order valence-electron chi connectivity index (χ1n) is 10.1. The van der Waals surface area contributed by atoms with Crippen LogP contribution >= 0.6 is 0 Å². The number of benzene rings is 2. The number of carbonyl (C=O) groups excluding carboxylic acids is 1. The van der Waals surface area contributed by atoms with Crippen LogP contribution in [0.5, 0.6) is 11.5 Å². The van der Waals surface area contributed by atoms with E-state index in [-0.39, 0.29) is 18.5 Å². The Hall–Kier alpha value is -2.49. The highest BCUT2D eigenvalue weighted by Gasteiger charge is 2.27. The molecule has 0 aliphatic heterocycles. The average Bonchev–Trinajstić information content (AvgIpc) is 3.48. The highest BCUT2D eigenvalue weighted by molar-refractivity contribution is 5.71. The van der Waals surface area contributed by atoms with Crippen molar-refractivity contribution in [1.29, 1.82) is 0 Å². The van der Waals surface area contributed by atoms with E-state index in [4.69, 9.17) is 9.47 Å². The molecule has 3 rings (SSSR count). The van der Waals surface area contributed by atoms with E-state index in [0.29, 0.717) is 18.3 Å². The largest absolute Gasteiger partial charge is 0.508 e. The predicted molar refractivity (Wildman–Crippen MR) is 110 cm³/mol. The van der Waals surface area contributed by atoms with E-state index in [1.54, 1.807) is 13.0 Å². The van der Waals surface area contributed by atoms with Gasteiger partial charge in [-0.25, -0.2) is 4.79 Å². The van der Waals surface area contributed by atoms with Gasteiger partial charge in [0.2, 0.25) is 0 Å². The Morgan fingerprint density at radius 2 is 1.96 bits per heavy atom. The van der Waals surface area contributed by atoms with Gasteiger partial charge in [0.15, 0.2) is 6.61 Å². The van der Waals surface area contributed by atoms with Crippen molar-refractivity contribution < 1.29 is 19.4 Å².